The van der Waals surface area contributed by atoms with Crippen molar-refractivity contribution in [1.82, 2.24) is 14.1 Å². The molecule has 0 spiro atoms. The van der Waals surface area contributed by atoms with E-state index < -0.39 is 10.0 Å². The normalized spacial score (nSPS) is 16.9. The van der Waals surface area contributed by atoms with Gasteiger partial charge >= 0.3 is 0 Å². The molecule has 0 saturated carbocycles. The molecule has 1 fully saturated rings. The van der Waals surface area contributed by atoms with Crippen molar-refractivity contribution in [2.45, 2.75) is 25.2 Å². The van der Waals surface area contributed by atoms with Crippen LogP contribution >= 0.6 is 11.6 Å². The minimum Gasteiger partial charge on any atom is -0.337 e. The third-order valence-electron chi connectivity index (χ3n) is 4.51. The Hall–Kier alpha value is -1.15. The Balaban J connectivity index is 2.33. The Labute approximate surface area is 155 Å². The van der Waals surface area contributed by atoms with E-state index in [0.29, 0.717) is 31.7 Å². The number of halogens is 1. The number of sulfonamides is 1. The standard InChI is InChI=1S/C17H26ClN3O3S/c1-4-21(5-2)25(23,24)16-13-14(7-8-15(16)18)17(22)20-10-6-9-19(3)11-12-20/h7-8,13H,4-6,9-12H2,1-3H3. The van der Waals surface area contributed by atoms with Crippen LogP contribution in [0.5, 0.6) is 0 Å². The van der Waals surface area contributed by atoms with E-state index in [9.17, 15) is 13.2 Å². The maximum absolute atomic E-state index is 12.8. The predicted octanol–water partition coefficient (Wildman–Crippen LogP) is 2.15. The Morgan fingerprint density at radius 1 is 1.16 bits per heavy atom. The highest BCUT2D eigenvalue weighted by Gasteiger charge is 2.27. The Morgan fingerprint density at radius 3 is 2.48 bits per heavy atom. The Bertz CT molecular complexity index is 720. The molecule has 0 unspecified atom stereocenters. The van der Waals surface area contributed by atoms with E-state index in [1.807, 2.05) is 7.05 Å². The lowest BCUT2D eigenvalue weighted by Gasteiger charge is -2.22. The maximum Gasteiger partial charge on any atom is 0.253 e. The molecular formula is C17H26ClN3O3S. The van der Waals surface area contributed by atoms with Crippen LogP contribution in [0.25, 0.3) is 0 Å². The summed E-state index contributed by atoms with van der Waals surface area (Å²) in [5.41, 5.74) is 0.361. The van der Waals surface area contributed by atoms with E-state index in [4.69, 9.17) is 11.6 Å². The number of rotatable bonds is 5. The van der Waals surface area contributed by atoms with Crippen molar-refractivity contribution in [3.05, 3.63) is 28.8 Å². The number of hydrogen-bond acceptors (Lipinski definition) is 4. The van der Waals surface area contributed by atoms with Crippen LogP contribution in [0.3, 0.4) is 0 Å². The second-order valence-electron chi connectivity index (χ2n) is 6.18. The fourth-order valence-corrected chi connectivity index (χ4v) is 4.93. The van der Waals surface area contributed by atoms with Crippen LogP contribution in [-0.4, -0.2) is 74.7 Å². The van der Waals surface area contributed by atoms with Gasteiger partial charge in [-0.15, -0.1) is 0 Å². The zero-order valence-electron chi connectivity index (χ0n) is 15.0. The molecule has 140 valence electrons. The average molecular weight is 388 g/mol. The minimum absolute atomic E-state index is 0.00402. The number of benzene rings is 1. The van der Waals surface area contributed by atoms with Crippen LogP contribution < -0.4 is 0 Å². The van der Waals surface area contributed by atoms with Gasteiger partial charge in [-0.3, -0.25) is 4.79 Å². The van der Waals surface area contributed by atoms with Gasteiger partial charge in [0.05, 0.1) is 5.02 Å². The molecule has 0 N–H and O–H groups in total. The van der Waals surface area contributed by atoms with Crippen molar-refractivity contribution in [2.75, 3.05) is 46.3 Å². The summed E-state index contributed by atoms with van der Waals surface area (Å²) in [5, 5.41) is 0.138. The largest absolute Gasteiger partial charge is 0.337 e. The molecule has 0 aromatic heterocycles. The third-order valence-corrected chi connectivity index (χ3v) is 7.04. The second-order valence-corrected chi connectivity index (χ2v) is 8.50. The molecule has 1 saturated heterocycles. The fourth-order valence-electron chi connectivity index (χ4n) is 2.97. The van der Waals surface area contributed by atoms with Gasteiger partial charge in [0, 0.05) is 38.3 Å². The number of likely N-dealkylation sites (N-methyl/N-ethyl adjacent to an activating group) is 1. The molecule has 1 heterocycles. The summed E-state index contributed by atoms with van der Waals surface area (Å²) < 4.78 is 26.9. The van der Waals surface area contributed by atoms with Gasteiger partial charge in [0.15, 0.2) is 0 Å². The molecule has 25 heavy (non-hydrogen) atoms. The van der Waals surface area contributed by atoms with Crippen molar-refractivity contribution in [3.63, 3.8) is 0 Å². The summed E-state index contributed by atoms with van der Waals surface area (Å²) in [5.74, 6) is -0.150. The molecule has 0 aliphatic carbocycles. The second kappa shape index (κ2) is 8.49. The average Bonchev–Trinajstić information content (AvgIpc) is 2.80. The van der Waals surface area contributed by atoms with Crippen molar-refractivity contribution >= 4 is 27.5 Å². The first kappa shape index (κ1) is 20.2. The van der Waals surface area contributed by atoms with E-state index >= 15 is 0 Å². The van der Waals surface area contributed by atoms with E-state index in [0.717, 1.165) is 19.5 Å². The third kappa shape index (κ3) is 4.53. The van der Waals surface area contributed by atoms with Crippen LogP contribution in [0, 0.1) is 0 Å². The Kier molecular flexibility index (Phi) is 6.85. The summed E-state index contributed by atoms with van der Waals surface area (Å²) >= 11 is 6.14. The summed E-state index contributed by atoms with van der Waals surface area (Å²) in [4.78, 5) is 16.8. The maximum atomic E-state index is 12.8. The smallest absolute Gasteiger partial charge is 0.253 e. The van der Waals surface area contributed by atoms with Gasteiger partial charge in [0.2, 0.25) is 10.0 Å². The molecule has 0 bridgehead atoms. The number of carbonyl (C=O) groups excluding carboxylic acids is 1. The molecular weight excluding hydrogens is 362 g/mol. The zero-order valence-corrected chi connectivity index (χ0v) is 16.6. The molecule has 1 aromatic carbocycles. The van der Waals surface area contributed by atoms with Crippen LogP contribution in [-0.2, 0) is 10.0 Å². The van der Waals surface area contributed by atoms with Crippen molar-refractivity contribution in [3.8, 4) is 0 Å². The van der Waals surface area contributed by atoms with Gasteiger partial charge in [-0.05, 0) is 38.2 Å². The molecule has 6 nitrogen and oxygen atoms in total. The van der Waals surface area contributed by atoms with Gasteiger partial charge in [-0.2, -0.15) is 4.31 Å². The van der Waals surface area contributed by atoms with Crippen molar-refractivity contribution in [2.24, 2.45) is 0 Å². The van der Waals surface area contributed by atoms with E-state index in [-0.39, 0.29) is 15.8 Å². The van der Waals surface area contributed by atoms with Crippen LogP contribution in [0.15, 0.2) is 23.1 Å². The first-order valence-electron chi connectivity index (χ1n) is 8.58. The highest BCUT2D eigenvalue weighted by molar-refractivity contribution is 7.89. The SMILES string of the molecule is CCN(CC)S(=O)(=O)c1cc(C(=O)N2CCCN(C)CC2)ccc1Cl. The highest BCUT2D eigenvalue weighted by Crippen LogP contribution is 2.26. The fraction of sp³-hybridized carbons (Fsp3) is 0.588. The zero-order chi connectivity index (χ0) is 18.6. The number of nitrogens with zero attached hydrogens (tertiary/aromatic N) is 3. The molecule has 1 aliphatic heterocycles. The quantitative estimate of drug-likeness (QED) is 0.776. The lowest BCUT2D eigenvalue weighted by atomic mass is 10.2. The first-order chi connectivity index (χ1) is 11.8. The monoisotopic (exact) mass is 387 g/mol. The van der Waals surface area contributed by atoms with Gasteiger partial charge in [-0.1, -0.05) is 25.4 Å². The number of hydrogen-bond donors (Lipinski definition) is 0. The van der Waals surface area contributed by atoms with Crippen LogP contribution in [0.4, 0.5) is 0 Å². The van der Waals surface area contributed by atoms with Gasteiger partial charge in [0.1, 0.15) is 4.90 Å². The van der Waals surface area contributed by atoms with Crippen LogP contribution in [0.1, 0.15) is 30.6 Å². The van der Waals surface area contributed by atoms with Gasteiger partial charge in [-0.25, -0.2) is 8.42 Å². The van der Waals surface area contributed by atoms with E-state index in [1.165, 1.54) is 16.4 Å². The van der Waals surface area contributed by atoms with Gasteiger partial charge in [0.25, 0.3) is 5.91 Å². The molecule has 0 radical (unpaired) electrons. The van der Waals surface area contributed by atoms with Crippen molar-refractivity contribution < 1.29 is 13.2 Å². The van der Waals surface area contributed by atoms with E-state index in [2.05, 4.69) is 4.90 Å². The predicted molar refractivity (Wildman–Crippen MR) is 99.6 cm³/mol. The topological polar surface area (TPSA) is 60.9 Å². The molecule has 1 aliphatic rings. The molecule has 2 rings (SSSR count). The summed E-state index contributed by atoms with van der Waals surface area (Å²) in [6, 6.07) is 4.50. The summed E-state index contributed by atoms with van der Waals surface area (Å²) in [6.07, 6.45) is 0.903. The molecule has 0 atom stereocenters. The molecule has 1 amide bonds. The van der Waals surface area contributed by atoms with E-state index in [1.54, 1.807) is 24.8 Å². The minimum atomic E-state index is -3.71. The summed E-state index contributed by atoms with van der Waals surface area (Å²) in [7, 11) is -1.68. The lowest BCUT2D eigenvalue weighted by Crippen LogP contribution is -2.35. The van der Waals surface area contributed by atoms with Gasteiger partial charge < -0.3 is 9.80 Å². The lowest BCUT2D eigenvalue weighted by molar-refractivity contribution is 0.0762. The molecule has 8 heteroatoms. The van der Waals surface area contributed by atoms with Crippen LogP contribution in [0.2, 0.25) is 5.02 Å². The Morgan fingerprint density at radius 2 is 1.84 bits per heavy atom. The number of carbonyl (C=O) groups is 1. The first-order valence-corrected chi connectivity index (χ1v) is 10.4. The molecule has 1 aromatic rings. The van der Waals surface area contributed by atoms with Crippen molar-refractivity contribution in [1.29, 1.82) is 0 Å². The number of amides is 1. The summed E-state index contributed by atoms with van der Waals surface area (Å²) in [6.45, 7) is 7.32. The highest BCUT2D eigenvalue weighted by atomic mass is 35.5.